The van der Waals surface area contributed by atoms with Crippen molar-refractivity contribution in [2.24, 2.45) is 0 Å². The third-order valence-electron chi connectivity index (χ3n) is 2.66. The van der Waals surface area contributed by atoms with Gasteiger partial charge in [0.25, 0.3) is 0 Å². The summed E-state index contributed by atoms with van der Waals surface area (Å²) in [5.41, 5.74) is 0.970. The normalized spacial score (nSPS) is 10.2. The van der Waals surface area contributed by atoms with Gasteiger partial charge in [0.2, 0.25) is 5.91 Å². The Balaban J connectivity index is 2.22. The molecule has 5 nitrogen and oxygen atoms in total. The number of hydrogen-bond acceptors (Lipinski definition) is 4. The van der Waals surface area contributed by atoms with Gasteiger partial charge in [0.05, 0.1) is 13.7 Å². The number of amides is 1. The van der Waals surface area contributed by atoms with Crippen molar-refractivity contribution in [3.63, 3.8) is 0 Å². The lowest BCUT2D eigenvalue weighted by molar-refractivity contribution is -0.120. The molecule has 2 N–H and O–H groups in total. The Morgan fingerprint density at radius 2 is 2.05 bits per heavy atom. The molecular weight excluding hydrogens is 244 g/mol. The van der Waals surface area contributed by atoms with Crippen molar-refractivity contribution in [1.29, 1.82) is 0 Å². The van der Waals surface area contributed by atoms with Crippen LogP contribution in [0.15, 0.2) is 24.3 Å². The molecule has 1 aromatic rings. The van der Waals surface area contributed by atoms with Crippen LogP contribution in [0.25, 0.3) is 0 Å². The summed E-state index contributed by atoms with van der Waals surface area (Å²) in [5.74, 6) is 0.763. The highest BCUT2D eigenvalue weighted by Crippen LogP contribution is 2.16. The van der Waals surface area contributed by atoms with Crippen molar-refractivity contribution < 1.29 is 14.3 Å². The average Bonchev–Trinajstić information content (AvgIpc) is 2.45. The predicted molar refractivity (Wildman–Crippen MR) is 74.2 cm³/mol. The van der Waals surface area contributed by atoms with Crippen molar-refractivity contribution in [3.05, 3.63) is 29.8 Å². The summed E-state index contributed by atoms with van der Waals surface area (Å²) in [6.07, 6.45) is 0.899. The van der Waals surface area contributed by atoms with Crippen LogP contribution in [0.5, 0.6) is 5.75 Å². The van der Waals surface area contributed by atoms with Crippen molar-refractivity contribution in [1.82, 2.24) is 10.6 Å². The topological polar surface area (TPSA) is 59.6 Å². The lowest BCUT2D eigenvalue weighted by Gasteiger charge is -2.10. The zero-order valence-electron chi connectivity index (χ0n) is 11.6. The van der Waals surface area contributed by atoms with Crippen LogP contribution in [0.2, 0.25) is 0 Å². The highest BCUT2D eigenvalue weighted by Gasteiger charge is 2.04. The molecule has 0 saturated heterocycles. The largest absolute Gasteiger partial charge is 0.496 e. The molecule has 1 aromatic carbocycles. The molecule has 1 amide bonds. The van der Waals surface area contributed by atoms with E-state index in [2.05, 4.69) is 10.6 Å². The molecule has 0 aliphatic carbocycles. The number of carbonyl (C=O) groups is 1. The molecule has 0 bridgehead atoms. The van der Waals surface area contributed by atoms with Crippen LogP contribution in [-0.2, 0) is 16.1 Å². The molecule has 0 aliphatic heterocycles. The lowest BCUT2D eigenvalue weighted by atomic mass is 10.2. The molecule has 0 radical (unpaired) electrons. The highest BCUT2D eigenvalue weighted by atomic mass is 16.5. The van der Waals surface area contributed by atoms with Crippen LogP contribution in [0.3, 0.4) is 0 Å². The summed E-state index contributed by atoms with van der Waals surface area (Å²) in [5, 5.41) is 5.91. The Morgan fingerprint density at radius 3 is 2.79 bits per heavy atom. The third kappa shape index (κ3) is 6.22. The number of benzene rings is 1. The summed E-state index contributed by atoms with van der Waals surface area (Å²) in [6.45, 7) is 2.27. The minimum absolute atomic E-state index is 0.0247. The van der Waals surface area contributed by atoms with E-state index < -0.39 is 0 Å². The van der Waals surface area contributed by atoms with E-state index in [9.17, 15) is 4.79 Å². The van der Waals surface area contributed by atoms with E-state index in [4.69, 9.17) is 9.47 Å². The van der Waals surface area contributed by atoms with Gasteiger partial charge in [-0.05, 0) is 19.0 Å². The number of para-hydroxylation sites is 1. The first-order valence-electron chi connectivity index (χ1n) is 6.36. The molecule has 0 fully saturated rings. The molecular formula is C14H22N2O3. The Kier molecular flexibility index (Phi) is 7.62. The Morgan fingerprint density at radius 1 is 1.26 bits per heavy atom. The average molecular weight is 266 g/mol. The van der Waals surface area contributed by atoms with Crippen LogP contribution in [0.4, 0.5) is 0 Å². The molecule has 0 atom stereocenters. The minimum Gasteiger partial charge on any atom is -0.496 e. The molecule has 1 rings (SSSR count). The molecule has 0 unspecified atom stereocenters. The molecule has 19 heavy (non-hydrogen) atoms. The Bertz CT molecular complexity index is 383. The standard InChI is InChI=1S/C14H22N2O3/c1-18-9-5-8-15-11-14(17)16-10-12-6-3-4-7-13(12)19-2/h3-4,6-7,15H,5,8-11H2,1-2H3,(H,16,17). The van der Waals surface area contributed by atoms with Gasteiger partial charge in [-0.25, -0.2) is 0 Å². The first kappa shape index (κ1) is 15.5. The maximum absolute atomic E-state index is 11.6. The van der Waals surface area contributed by atoms with Gasteiger partial charge in [-0.3, -0.25) is 4.79 Å². The first-order valence-corrected chi connectivity index (χ1v) is 6.36. The van der Waals surface area contributed by atoms with E-state index in [1.807, 2.05) is 24.3 Å². The lowest BCUT2D eigenvalue weighted by Crippen LogP contribution is -2.34. The van der Waals surface area contributed by atoms with Crippen LogP contribution < -0.4 is 15.4 Å². The number of hydrogen-bond donors (Lipinski definition) is 2. The maximum atomic E-state index is 11.6. The fourth-order valence-electron chi connectivity index (χ4n) is 1.65. The van der Waals surface area contributed by atoms with Crippen LogP contribution in [-0.4, -0.2) is 39.8 Å². The van der Waals surface area contributed by atoms with E-state index in [-0.39, 0.29) is 5.91 Å². The van der Waals surface area contributed by atoms with Gasteiger partial charge >= 0.3 is 0 Å². The SMILES string of the molecule is COCCCNCC(=O)NCc1ccccc1OC. The van der Waals surface area contributed by atoms with Crippen LogP contribution >= 0.6 is 0 Å². The Labute approximate surface area is 114 Å². The minimum atomic E-state index is -0.0247. The molecule has 0 saturated carbocycles. The van der Waals surface area contributed by atoms with Gasteiger partial charge < -0.3 is 20.1 Å². The maximum Gasteiger partial charge on any atom is 0.234 e. The summed E-state index contributed by atoms with van der Waals surface area (Å²) >= 11 is 0. The summed E-state index contributed by atoms with van der Waals surface area (Å²) in [6, 6.07) is 7.64. The Hall–Kier alpha value is -1.59. The quantitative estimate of drug-likeness (QED) is 0.653. The van der Waals surface area contributed by atoms with Crippen molar-refractivity contribution >= 4 is 5.91 Å². The highest BCUT2D eigenvalue weighted by molar-refractivity contribution is 5.78. The molecule has 0 heterocycles. The van der Waals surface area contributed by atoms with Gasteiger partial charge in [0, 0.05) is 25.8 Å². The fraction of sp³-hybridized carbons (Fsp3) is 0.500. The molecule has 0 spiro atoms. The number of carbonyl (C=O) groups excluding carboxylic acids is 1. The second kappa shape index (κ2) is 9.35. The van der Waals surface area contributed by atoms with Crippen molar-refractivity contribution in [2.45, 2.75) is 13.0 Å². The van der Waals surface area contributed by atoms with Gasteiger partial charge in [0.1, 0.15) is 5.75 Å². The van der Waals surface area contributed by atoms with Crippen LogP contribution in [0.1, 0.15) is 12.0 Å². The fourth-order valence-corrected chi connectivity index (χ4v) is 1.65. The number of methoxy groups -OCH3 is 2. The summed E-state index contributed by atoms with van der Waals surface area (Å²) in [4.78, 5) is 11.6. The summed E-state index contributed by atoms with van der Waals surface area (Å²) < 4.78 is 10.1. The van der Waals surface area contributed by atoms with Gasteiger partial charge in [-0.1, -0.05) is 18.2 Å². The van der Waals surface area contributed by atoms with Crippen LogP contribution in [0, 0.1) is 0 Å². The molecule has 5 heteroatoms. The monoisotopic (exact) mass is 266 g/mol. The second-order valence-electron chi connectivity index (χ2n) is 4.11. The van der Waals surface area contributed by atoms with Crippen molar-refractivity contribution in [2.75, 3.05) is 33.9 Å². The van der Waals surface area contributed by atoms with Gasteiger partial charge in [-0.15, -0.1) is 0 Å². The van der Waals surface area contributed by atoms with Crippen molar-refractivity contribution in [3.8, 4) is 5.75 Å². The van der Waals surface area contributed by atoms with E-state index in [1.54, 1.807) is 14.2 Å². The molecule has 0 aromatic heterocycles. The first-order chi connectivity index (χ1) is 9.27. The zero-order valence-corrected chi connectivity index (χ0v) is 11.6. The summed E-state index contributed by atoms with van der Waals surface area (Å²) in [7, 11) is 3.29. The second-order valence-corrected chi connectivity index (χ2v) is 4.11. The number of nitrogens with one attached hydrogen (secondary N) is 2. The van der Waals surface area contributed by atoms with E-state index in [0.29, 0.717) is 19.7 Å². The van der Waals surface area contributed by atoms with E-state index in [1.165, 1.54) is 0 Å². The number of rotatable bonds is 9. The van der Waals surface area contributed by atoms with E-state index >= 15 is 0 Å². The van der Waals surface area contributed by atoms with Gasteiger partial charge in [-0.2, -0.15) is 0 Å². The van der Waals surface area contributed by atoms with Gasteiger partial charge in [0.15, 0.2) is 0 Å². The zero-order chi connectivity index (χ0) is 13.9. The number of ether oxygens (including phenoxy) is 2. The smallest absolute Gasteiger partial charge is 0.234 e. The van der Waals surface area contributed by atoms with E-state index in [0.717, 1.165) is 24.3 Å². The molecule has 0 aliphatic rings. The molecule has 106 valence electrons. The third-order valence-corrected chi connectivity index (χ3v) is 2.66. The predicted octanol–water partition coefficient (Wildman–Crippen LogP) is 0.938.